The van der Waals surface area contributed by atoms with Crippen LogP contribution in [0.1, 0.15) is 11.8 Å². The van der Waals surface area contributed by atoms with Crippen molar-refractivity contribution in [3.8, 4) is 0 Å². The Morgan fingerprint density at radius 1 is 1.88 bits per heavy atom. The largest absolute Gasteiger partial charge is 0.138 e. The molecule has 0 aliphatic rings. The zero-order valence-corrected chi connectivity index (χ0v) is 6.97. The average Bonchev–Trinajstić information content (AvgIpc) is 2.14. The second-order valence-corrected chi connectivity index (χ2v) is 3.28. The van der Waals surface area contributed by atoms with E-state index >= 15 is 0 Å². The molecule has 1 aromatic rings. The smallest absolute Gasteiger partial charge is 0.0457 e. The van der Waals surface area contributed by atoms with E-state index in [0.717, 1.165) is 6.42 Å². The lowest BCUT2D eigenvalue weighted by molar-refractivity contribution is 1.18. The minimum absolute atomic E-state index is 1.11. The molecule has 0 atom stereocenters. The lowest BCUT2D eigenvalue weighted by Crippen LogP contribution is -1.68. The van der Waals surface area contributed by atoms with Gasteiger partial charge in [0.1, 0.15) is 0 Å². The van der Waals surface area contributed by atoms with Gasteiger partial charge < -0.3 is 0 Å². The van der Waals surface area contributed by atoms with Crippen molar-refractivity contribution in [3.63, 3.8) is 0 Å². The van der Waals surface area contributed by atoms with Gasteiger partial charge in [-0.25, -0.2) is 0 Å². The molecule has 1 heterocycles. The minimum Gasteiger partial charge on any atom is -0.138 e. The lowest BCUT2D eigenvalue weighted by atomic mass is 10.4. The van der Waals surface area contributed by atoms with Crippen molar-refractivity contribution in [1.29, 1.82) is 0 Å². The maximum absolute atomic E-state index is 3.41. The van der Waals surface area contributed by atoms with Gasteiger partial charge in [0, 0.05) is 14.7 Å². The summed E-state index contributed by atoms with van der Waals surface area (Å²) in [5, 5.41) is 3.04. The molecule has 0 amide bonds. The van der Waals surface area contributed by atoms with Crippen molar-refractivity contribution in [2.24, 2.45) is 0 Å². The molecular weight excluding hydrogens is 184 g/mol. The van der Waals surface area contributed by atoms with Crippen molar-refractivity contribution in [2.75, 3.05) is 0 Å². The van der Waals surface area contributed by atoms with Crippen LogP contribution in [0.25, 0.3) is 0 Å². The molecule has 2 heteroatoms. The molecule has 0 saturated carbocycles. The number of aryl methyl sites for hydroxylation is 1. The van der Waals surface area contributed by atoms with Crippen molar-refractivity contribution in [2.45, 2.75) is 13.3 Å². The van der Waals surface area contributed by atoms with E-state index in [-0.39, 0.29) is 0 Å². The second-order valence-electron chi connectivity index (χ2n) is 1.49. The Morgan fingerprint density at radius 2 is 2.62 bits per heavy atom. The molecule has 0 aliphatic heterocycles. The Labute approximate surface area is 61.7 Å². The molecule has 0 fully saturated rings. The van der Waals surface area contributed by atoms with E-state index in [1.165, 1.54) is 9.35 Å². The number of halogens is 1. The summed E-state index contributed by atoms with van der Waals surface area (Å²) in [7, 11) is 0. The zero-order valence-electron chi connectivity index (χ0n) is 4.57. The molecule has 1 rings (SSSR count). The molecule has 0 saturated heterocycles. The number of rotatable bonds is 1. The van der Waals surface area contributed by atoms with E-state index in [2.05, 4.69) is 28.2 Å². The van der Waals surface area contributed by atoms with Gasteiger partial charge >= 0.3 is 0 Å². The Kier molecular flexibility index (Phi) is 2.08. The fourth-order valence-corrected chi connectivity index (χ4v) is 1.93. The molecule has 43 valence electrons. The standard InChI is InChI=1S/C6H6BrS/c1-2-6-5(7)3-4-8-6/h3H,2H2,1H3. The van der Waals surface area contributed by atoms with Crippen LogP contribution in [0.2, 0.25) is 0 Å². The van der Waals surface area contributed by atoms with Gasteiger partial charge in [0.2, 0.25) is 0 Å². The maximum atomic E-state index is 3.41. The predicted octanol–water partition coefficient (Wildman–Crippen LogP) is 2.87. The molecule has 1 radical (unpaired) electrons. The van der Waals surface area contributed by atoms with Crippen LogP contribution < -0.4 is 0 Å². The maximum Gasteiger partial charge on any atom is 0.0457 e. The van der Waals surface area contributed by atoms with Crippen molar-refractivity contribution in [1.82, 2.24) is 0 Å². The van der Waals surface area contributed by atoms with E-state index in [0.29, 0.717) is 0 Å². The van der Waals surface area contributed by atoms with Gasteiger partial charge in [-0.15, -0.1) is 11.3 Å². The fourth-order valence-electron chi connectivity index (χ4n) is 0.523. The number of hydrogen-bond acceptors (Lipinski definition) is 1. The topological polar surface area (TPSA) is 0 Å². The first-order valence-electron chi connectivity index (χ1n) is 2.49. The molecule has 0 aliphatic carbocycles. The summed E-state index contributed by atoms with van der Waals surface area (Å²) in [6.45, 7) is 2.14. The molecule has 0 nitrogen and oxygen atoms in total. The zero-order chi connectivity index (χ0) is 5.98. The quantitative estimate of drug-likeness (QED) is 0.638. The highest BCUT2D eigenvalue weighted by Gasteiger charge is 1.95. The molecule has 0 spiro atoms. The summed E-state index contributed by atoms with van der Waals surface area (Å²) in [4.78, 5) is 1.38. The molecule has 0 bridgehead atoms. The van der Waals surface area contributed by atoms with E-state index in [1.807, 2.05) is 6.07 Å². The van der Waals surface area contributed by atoms with Crippen molar-refractivity contribution < 1.29 is 0 Å². The number of thiophene rings is 1. The SMILES string of the molecule is CCc1s[c]cc1Br. The first kappa shape index (κ1) is 6.30. The highest BCUT2D eigenvalue weighted by Crippen LogP contribution is 2.21. The van der Waals surface area contributed by atoms with Gasteiger partial charge in [-0.2, -0.15) is 0 Å². The Hall–Kier alpha value is 0.180. The highest BCUT2D eigenvalue weighted by atomic mass is 79.9. The van der Waals surface area contributed by atoms with Crippen molar-refractivity contribution in [3.05, 3.63) is 20.8 Å². The Balaban J connectivity index is 2.92. The van der Waals surface area contributed by atoms with Gasteiger partial charge in [-0.05, 0) is 28.4 Å². The van der Waals surface area contributed by atoms with E-state index in [9.17, 15) is 0 Å². The number of hydrogen-bond donors (Lipinski definition) is 0. The van der Waals surface area contributed by atoms with Crippen molar-refractivity contribution >= 4 is 27.3 Å². The van der Waals surface area contributed by atoms with Gasteiger partial charge in [-0.1, -0.05) is 6.92 Å². The summed E-state index contributed by atoms with van der Waals surface area (Å²) >= 11 is 5.08. The average molecular weight is 190 g/mol. The van der Waals surface area contributed by atoms with Gasteiger partial charge in [0.25, 0.3) is 0 Å². The minimum atomic E-state index is 1.11. The summed E-state index contributed by atoms with van der Waals surface area (Å²) in [6.07, 6.45) is 1.11. The van der Waals surface area contributed by atoms with Gasteiger partial charge in [-0.3, -0.25) is 0 Å². The summed E-state index contributed by atoms with van der Waals surface area (Å²) < 4.78 is 1.20. The van der Waals surface area contributed by atoms with Crippen LogP contribution in [0.15, 0.2) is 10.5 Å². The van der Waals surface area contributed by atoms with Crippen LogP contribution in [0.4, 0.5) is 0 Å². The fraction of sp³-hybridized carbons (Fsp3) is 0.333. The van der Waals surface area contributed by atoms with Gasteiger partial charge in [0.15, 0.2) is 0 Å². The molecule has 0 N–H and O–H groups in total. The van der Waals surface area contributed by atoms with E-state index in [1.54, 1.807) is 11.3 Å². The van der Waals surface area contributed by atoms with Crippen LogP contribution in [0.3, 0.4) is 0 Å². The normalized spacial score (nSPS) is 9.75. The predicted molar refractivity (Wildman–Crippen MR) is 40.2 cm³/mol. The van der Waals surface area contributed by atoms with Crippen LogP contribution in [0.5, 0.6) is 0 Å². The van der Waals surface area contributed by atoms with Crippen LogP contribution >= 0.6 is 27.3 Å². The Bertz CT molecular complexity index is 169. The second kappa shape index (κ2) is 2.65. The summed E-state index contributed by atoms with van der Waals surface area (Å²) in [6, 6.07) is 1.96. The summed E-state index contributed by atoms with van der Waals surface area (Å²) in [5.41, 5.74) is 0. The molecule has 1 aromatic heterocycles. The van der Waals surface area contributed by atoms with Crippen LogP contribution in [-0.2, 0) is 6.42 Å². The third kappa shape index (κ3) is 1.12. The molecule has 8 heavy (non-hydrogen) atoms. The Morgan fingerprint density at radius 3 is 2.88 bits per heavy atom. The van der Waals surface area contributed by atoms with Crippen LogP contribution in [-0.4, -0.2) is 0 Å². The lowest BCUT2D eigenvalue weighted by Gasteiger charge is -1.85. The highest BCUT2D eigenvalue weighted by molar-refractivity contribution is 9.10. The van der Waals surface area contributed by atoms with E-state index < -0.39 is 0 Å². The first-order valence-corrected chi connectivity index (χ1v) is 4.09. The van der Waals surface area contributed by atoms with Crippen LogP contribution in [0, 0.1) is 5.38 Å². The van der Waals surface area contributed by atoms with Gasteiger partial charge in [0.05, 0.1) is 0 Å². The monoisotopic (exact) mass is 189 g/mol. The summed E-state index contributed by atoms with van der Waals surface area (Å²) in [5.74, 6) is 0. The molecule has 0 unspecified atom stereocenters. The molecule has 0 aromatic carbocycles. The molecular formula is C6H6BrS. The third-order valence-corrected chi connectivity index (χ3v) is 2.92. The third-order valence-electron chi connectivity index (χ3n) is 0.955. The first-order chi connectivity index (χ1) is 3.84. The van der Waals surface area contributed by atoms with E-state index in [4.69, 9.17) is 0 Å².